The number of aryl methyl sites for hydroxylation is 1. The van der Waals surface area contributed by atoms with E-state index in [2.05, 4.69) is 60.1 Å². The molecular formula is C35H35NOS2. The molecule has 0 aliphatic heterocycles. The molecule has 0 fully saturated rings. The summed E-state index contributed by atoms with van der Waals surface area (Å²) in [5, 5.41) is 2.72. The Morgan fingerprint density at radius 2 is 1.36 bits per heavy atom. The van der Waals surface area contributed by atoms with Gasteiger partial charge in [-0.1, -0.05) is 101 Å². The second-order valence-electron chi connectivity index (χ2n) is 10.6. The van der Waals surface area contributed by atoms with E-state index in [1.54, 1.807) is 0 Å². The van der Waals surface area contributed by atoms with Gasteiger partial charge in [-0.05, 0) is 54.7 Å². The molecule has 0 N–H and O–H groups in total. The third kappa shape index (κ3) is 6.06. The van der Waals surface area contributed by atoms with Crippen molar-refractivity contribution in [2.75, 3.05) is 0 Å². The monoisotopic (exact) mass is 549 g/mol. The smallest absolute Gasteiger partial charge is 0.274 e. The van der Waals surface area contributed by atoms with Crippen LogP contribution in [0.15, 0.2) is 65.1 Å². The first-order valence-corrected chi connectivity index (χ1v) is 16.2. The molecule has 0 unspecified atom stereocenters. The van der Waals surface area contributed by atoms with E-state index in [1.165, 1.54) is 106 Å². The molecular weight excluding hydrogens is 515 g/mol. The lowest BCUT2D eigenvalue weighted by molar-refractivity contribution is 0.556. The Kier molecular flexibility index (Phi) is 8.28. The molecule has 0 aliphatic carbocycles. The van der Waals surface area contributed by atoms with E-state index in [0.717, 1.165) is 16.7 Å². The minimum Gasteiger partial charge on any atom is -0.430 e. The van der Waals surface area contributed by atoms with Gasteiger partial charge in [0.05, 0.1) is 9.40 Å². The van der Waals surface area contributed by atoms with Crippen LogP contribution >= 0.6 is 22.7 Å². The molecule has 0 radical (unpaired) electrons. The first-order chi connectivity index (χ1) is 19.3. The van der Waals surface area contributed by atoms with Gasteiger partial charge in [-0.15, -0.1) is 22.7 Å². The molecule has 6 aromatic rings. The highest BCUT2D eigenvalue weighted by Gasteiger charge is 2.13. The summed E-state index contributed by atoms with van der Waals surface area (Å²) in [6.45, 7) is 2.29. The van der Waals surface area contributed by atoms with Crippen LogP contribution in [0.5, 0.6) is 0 Å². The number of nitrogens with zero attached hydrogens (tertiary/aromatic N) is 1. The largest absolute Gasteiger partial charge is 0.430 e. The average molecular weight is 550 g/mol. The molecule has 0 atom stereocenters. The Bertz CT molecular complexity index is 1740. The summed E-state index contributed by atoms with van der Waals surface area (Å²) >= 11 is 3.82. The fourth-order valence-corrected chi connectivity index (χ4v) is 8.16. The van der Waals surface area contributed by atoms with E-state index in [1.807, 2.05) is 46.9 Å². The number of fused-ring (bicyclic) bond motifs is 6. The van der Waals surface area contributed by atoms with Gasteiger partial charge in [-0.25, -0.2) is 4.98 Å². The Morgan fingerprint density at radius 3 is 2.10 bits per heavy atom. The summed E-state index contributed by atoms with van der Waals surface area (Å²) in [6, 6.07) is 21.5. The van der Waals surface area contributed by atoms with Crippen molar-refractivity contribution in [3.63, 3.8) is 0 Å². The molecule has 0 spiro atoms. The van der Waals surface area contributed by atoms with Crippen molar-refractivity contribution < 1.29 is 4.42 Å². The summed E-state index contributed by atoms with van der Waals surface area (Å²) < 4.78 is 11.3. The van der Waals surface area contributed by atoms with Gasteiger partial charge in [0.1, 0.15) is 5.52 Å². The molecule has 0 saturated heterocycles. The lowest BCUT2D eigenvalue weighted by Crippen LogP contribution is -1.86. The average Bonchev–Trinajstić information content (AvgIpc) is 3.64. The molecule has 6 rings (SSSR count). The van der Waals surface area contributed by atoms with E-state index < -0.39 is 0 Å². The third-order valence-corrected chi connectivity index (χ3v) is 10.1. The highest BCUT2D eigenvalue weighted by atomic mass is 32.1. The van der Waals surface area contributed by atoms with Crippen molar-refractivity contribution in [3.8, 4) is 11.8 Å². The Balaban J connectivity index is 1.09. The number of thiophene rings is 2. The molecule has 3 aromatic carbocycles. The number of hydrogen-bond donors (Lipinski definition) is 0. The van der Waals surface area contributed by atoms with Crippen molar-refractivity contribution in [1.29, 1.82) is 0 Å². The summed E-state index contributed by atoms with van der Waals surface area (Å²) in [7, 11) is 0. The SMILES string of the molecule is CCCCCCCCCCCCc1ccc2c(c1)sc1c3ccc(C#Cc4nc5ccccc5o4)cc3sc21. The summed E-state index contributed by atoms with van der Waals surface area (Å²) in [5.41, 5.74) is 4.09. The third-order valence-electron chi connectivity index (χ3n) is 7.57. The van der Waals surface area contributed by atoms with Gasteiger partial charge in [0.15, 0.2) is 5.58 Å². The molecule has 198 valence electrons. The van der Waals surface area contributed by atoms with Crippen LogP contribution in [0.1, 0.15) is 88.1 Å². The van der Waals surface area contributed by atoms with Gasteiger partial charge in [0, 0.05) is 25.7 Å². The van der Waals surface area contributed by atoms with Crippen LogP contribution in [-0.4, -0.2) is 4.98 Å². The number of hydrogen-bond acceptors (Lipinski definition) is 4. The highest BCUT2D eigenvalue weighted by molar-refractivity contribution is 7.36. The summed E-state index contributed by atoms with van der Waals surface area (Å²) in [4.78, 5) is 4.47. The van der Waals surface area contributed by atoms with E-state index in [9.17, 15) is 0 Å². The minimum absolute atomic E-state index is 0.461. The second-order valence-corrected chi connectivity index (χ2v) is 12.7. The zero-order chi connectivity index (χ0) is 26.4. The van der Waals surface area contributed by atoms with Gasteiger partial charge in [-0.3, -0.25) is 0 Å². The molecule has 4 heteroatoms. The Morgan fingerprint density at radius 1 is 0.692 bits per heavy atom. The normalized spacial score (nSPS) is 11.6. The predicted octanol–water partition coefficient (Wildman–Crippen LogP) is 11.3. The van der Waals surface area contributed by atoms with Crippen LogP contribution in [0.4, 0.5) is 0 Å². The van der Waals surface area contributed by atoms with Gasteiger partial charge in [-0.2, -0.15) is 0 Å². The number of para-hydroxylation sites is 2. The minimum atomic E-state index is 0.461. The van der Waals surface area contributed by atoms with Crippen molar-refractivity contribution in [3.05, 3.63) is 77.7 Å². The number of unbranched alkanes of at least 4 members (excludes halogenated alkanes) is 9. The van der Waals surface area contributed by atoms with Crippen molar-refractivity contribution >= 4 is 63.3 Å². The van der Waals surface area contributed by atoms with E-state index >= 15 is 0 Å². The summed E-state index contributed by atoms with van der Waals surface area (Å²) in [6.07, 6.45) is 15.1. The maximum absolute atomic E-state index is 5.75. The Hall–Kier alpha value is -3.13. The van der Waals surface area contributed by atoms with Crippen LogP contribution < -0.4 is 0 Å². The van der Waals surface area contributed by atoms with Gasteiger partial charge >= 0.3 is 0 Å². The van der Waals surface area contributed by atoms with Crippen molar-refractivity contribution in [1.82, 2.24) is 4.98 Å². The van der Waals surface area contributed by atoms with Crippen LogP contribution in [-0.2, 0) is 6.42 Å². The van der Waals surface area contributed by atoms with Gasteiger partial charge < -0.3 is 4.42 Å². The molecule has 0 aliphatic rings. The fraction of sp³-hybridized carbons (Fsp3) is 0.343. The van der Waals surface area contributed by atoms with E-state index in [0.29, 0.717) is 5.89 Å². The van der Waals surface area contributed by atoms with Crippen molar-refractivity contribution in [2.24, 2.45) is 0 Å². The maximum atomic E-state index is 5.75. The molecule has 0 saturated carbocycles. The lowest BCUT2D eigenvalue weighted by Gasteiger charge is -2.03. The van der Waals surface area contributed by atoms with Crippen LogP contribution in [0.3, 0.4) is 0 Å². The van der Waals surface area contributed by atoms with Gasteiger partial charge in [0.2, 0.25) is 0 Å². The number of rotatable bonds is 11. The maximum Gasteiger partial charge on any atom is 0.274 e. The van der Waals surface area contributed by atoms with Crippen molar-refractivity contribution in [2.45, 2.75) is 77.6 Å². The van der Waals surface area contributed by atoms with Crippen LogP contribution in [0.25, 0.3) is 40.7 Å². The molecule has 3 aromatic heterocycles. The van der Waals surface area contributed by atoms with Crippen LogP contribution in [0, 0.1) is 11.8 Å². The quantitative estimate of drug-likeness (QED) is 0.119. The number of oxazole rings is 1. The molecule has 0 bridgehead atoms. The highest BCUT2D eigenvalue weighted by Crippen LogP contribution is 2.44. The standard InChI is InChI=1S/C35H35NOS2/c1-2-3-4-5-6-7-8-9-10-11-14-25-17-20-27-31(23-25)38-35-28-21-18-26(24-32(28)39-34(27)35)19-22-33-36-29-15-12-13-16-30(29)37-33/h12-13,15-18,20-21,23-24H,2-11,14H2,1H3. The zero-order valence-electron chi connectivity index (χ0n) is 22.7. The lowest BCUT2D eigenvalue weighted by atomic mass is 10.0. The molecule has 0 amide bonds. The topological polar surface area (TPSA) is 26.0 Å². The molecule has 39 heavy (non-hydrogen) atoms. The first-order valence-electron chi connectivity index (χ1n) is 14.5. The predicted molar refractivity (Wildman–Crippen MR) is 170 cm³/mol. The second kappa shape index (κ2) is 12.4. The number of benzene rings is 3. The van der Waals surface area contributed by atoms with Gasteiger partial charge in [0.25, 0.3) is 5.89 Å². The first kappa shape index (κ1) is 26.1. The molecule has 2 nitrogen and oxygen atoms in total. The number of aromatic nitrogens is 1. The van der Waals surface area contributed by atoms with E-state index in [-0.39, 0.29) is 0 Å². The van der Waals surface area contributed by atoms with E-state index in [4.69, 9.17) is 4.42 Å². The summed E-state index contributed by atoms with van der Waals surface area (Å²) in [5.74, 6) is 6.80. The molecule has 3 heterocycles. The zero-order valence-corrected chi connectivity index (χ0v) is 24.4. The fourth-order valence-electron chi connectivity index (χ4n) is 5.40. The van der Waals surface area contributed by atoms with Crippen LogP contribution in [0.2, 0.25) is 0 Å². The Labute approximate surface area is 239 Å².